The van der Waals surface area contributed by atoms with Crippen LogP contribution in [0.3, 0.4) is 0 Å². The number of halogens is 1. The fourth-order valence-corrected chi connectivity index (χ4v) is 2.69. The number of benzene rings is 1. The van der Waals surface area contributed by atoms with E-state index in [-0.39, 0.29) is 28.0 Å². The molecule has 4 nitrogen and oxygen atoms in total. The summed E-state index contributed by atoms with van der Waals surface area (Å²) in [5.41, 5.74) is 7.06. The van der Waals surface area contributed by atoms with E-state index in [1.165, 1.54) is 6.07 Å². The highest BCUT2D eigenvalue weighted by atomic mass is 79.9. The molecule has 1 aliphatic carbocycles. The van der Waals surface area contributed by atoms with Gasteiger partial charge in [0.25, 0.3) is 5.69 Å². The molecule has 2 rings (SSSR count). The Morgan fingerprint density at radius 3 is 2.44 bits per heavy atom. The molecule has 0 aliphatic heterocycles. The lowest BCUT2D eigenvalue weighted by molar-refractivity contribution is -0.385. The van der Waals surface area contributed by atoms with Crippen molar-refractivity contribution in [2.45, 2.75) is 25.8 Å². The molecule has 1 aromatic rings. The van der Waals surface area contributed by atoms with E-state index >= 15 is 0 Å². The fourth-order valence-electron chi connectivity index (χ4n) is 2.20. The largest absolute Gasteiger partial charge is 0.327 e. The number of hydrogen-bond acceptors (Lipinski definition) is 3. The standard InChI is InChI=1S/C11H13BrN2O2/c1-11(2)9(10(11)13)6-3-7(12)5-8(4-6)14(15)16/h3-5,9-10H,13H2,1-2H3/t9-,10-/m1/s1. The van der Waals surface area contributed by atoms with Gasteiger partial charge in [0.1, 0.15) is 0 Å². The van der Waals surface area contributed by atoms with Gasteiger partial charge in [-0.25, -0.2) is 0 Å². The molecule has 1 aliphatic rings. The van der Waals surface area contributed by atoms with Crippen molar-refractivity contribution in [3.8, 4) is 0 Å². The summed E-state index contributed by atoms with van der Waals surface area (Å²) in [5, 5.41) is 10.7. The van der Waals surface area contributed by atoms with E-state index < -0.39 is 0 Å². The Morgan fingerprint density at radius 1 is 1.44 bits per heavy atom. The molecule has 16 heavy (non-hydrogen) atoms. The molecule has 0 spiro atoms. The third-order valence-electron chi connectivity index (χ3n) is 3.39. The fraction of sp³-hybridized carbons (Fsp3) is 0.455. The van der Waals surface area contributed by atoms with Crippen molar-refractivity contribution >= 4 is 21.6 Å². The number of non-ortho nitro benzene ring substituents is 1. The second-order valence-electron chi connectivity index (χ2n) is 4.82. The molecule has 86 valence electrons. The second kappa shape index (κ2) is 3.53. The van der Waals surface area contributed by atoms with Crippen LogP contribution in [-0.4, -0.2) is 11.0 Å². The first-order valence-electron chi connectivity index (χ1n) is 5.04. The van der Waals surface area contributed by atoms with Crippen molar-refractivity contribution in [2.75, 3.05) is 0 Å². The molecule has 0 aromatic heterocycles. The van der Waals surface area contributed by atoms with E-state index in [0.717, 1.165) is 10.0 Å². The van der Waals surface area contributed by atoms with E-state index in [1.54, 1.807) is 6.07 Å². The van der Waals surface area contributed by atoms with Gasteiger partial charge in [0.05, 0.1) is 4.92 Å². The SMILES string of the molecule is CC1(C)[C@H](N)[C@H]1c1cc(Br)cc([N+](=O)[O-])c1. The number of rotatable bonds is 2. The minimum atomic E-state index is -0.380. The van der Waals surface area contributed by atoms with Crippen LogP contribution in [0.4, 0.5) is 5.69 Å². The van der Waals surface area contributed by atoms with Gasteiger partial charge in [0.15, 0.2) is 0 Å². The highest BCUT2D eigenvalue weighted by Crippen LogP contribution is 2.57. The van der Waals surface area contributed by atoms with Crippen LogP contribution in [-0.2, 0) is 0 Å². The van der Waals surface area contributed by atoms with Crippen molar-refractivity contribution in [1.82, 2.24) is 0 Å². The monoisotopic (exact) mass is 284 g/mol. The third-order valence-corrected chi connectivity index (χ3v) is 3.84. The zero-order chi connectivity index (χ0) is 12.1. The Labute approximate surface area is 102 Å². The summed E-state index contributed by atoms with van der Waals surface area (Å²) in [5.74, 6) is 0.212. The quantitative estimate of drug-likeness (QED) is 0.671. The maximum absolute atomic E-state index is 10.7. The molecule has 5 heteroatoms. The molecule has 0 amide bonds. The summed E-state index contributed by atoms with van der Waals surface area (Å²) in [6.07, 6.45) is 0. The molecule has 1 aromatic carbocycles. The van der Waals surface area contributed by atoms with Crippen LogP contribution < -0.4 is 5.73 Å². The summed E-state index contributed by atoms with van der Waals surface area (Å²) in [6, 6.07) is 5.11. The maximum Gasteiger partial charge on any atom is 0.270 e. The highest BCUT2D eigenvalue weighted by Gasteiger charge is 2.56. The molecule has 0 saturated heterocycles. The predicted octanol–water partition coefficient (Wildman–Crippen LogP) is 2.81. The Bertz CT molecular complexity index is 459. The van der Waals surface area contributed by atoms with E-state index in [4.69, 9.17) is 5.73 Å². The molecule has 1 saturated carbocycles. The average molecular weight is 285 g/mol. The molecule has 2 atom stereocenters. The lowest BCUT2D eigenvalue weighted by Crippen LogP contribution is -2.06. The smallest absolute Gasteiger partial charge is 0.270 e. The number of nitrogens with zero attached hydrogens (tertiary/aromatic N) is 1. The number of hydrogen-bond donors (Lipinski definition) is 1. The number of nitro benzene ring substituents is 1. The van der Waals surface area contributed by atoms with Crippen molar-refractivity contribution in [3.63, 3.8) is 0 Å². The first kappa shape index (κ1) is 11.5. The molecule has 0 bridgehead atoms. The van der Waals surface area contributed by atoms with Gasteiger partial charge < -0.3 is 5.73 Å². The molecule has 2 N–H and O–H groups in total. The number of nitro groups is 1. The Morgan fingerprint density at radius 2 is 2.00 bits per heavy atom. The topological polar surface area (TPSA) is 69.2 Å². The maximum atomic E-state index is 10.7. The second-order valence-corrected chi connectivity index (χ2v) is 5.74. The van der Waals surface area contributed by atoms with Crippen LogP contribution in [0.15, 0.2) is 22.7 Å². The molecule has 0 heterocycles. The molecular formula is C11H13BrN2O2. The average Bonchev–Trinajstić information content (AvgIpc) is 2.64. The van der Waals surface area contributed by atoms with E-state index in [2.05, 4.69) is 29.8 Å². The van der Waals surface area contributed by atoms with Crippen molar-refractivity contribution in [1.29, 1.82) is 0 Å². The van der Waals surface area contributed by atoms with Gasteiger partial charge in [-0.1, -0.05) is 29.8 Å². The lowest BCUT2D eigenvalue weighted by Gasteiger charge is -2.03. The van der Waals surface area contributed by atoms with Crippen LogP contribution in [0.1, 0.15) is 25.3 Å². The highest BCUT2D eigenvalue weighted by molar-refractivity contribution is 9.10. The van der Waals surface area contributed by atoms with Gasteiger partial charge >= 0.3 is 0 Å². The Hall–Kier alpha value is -0.940. The lowest BCUT2D eigenvalue weighted by atomic mass is 10.0. The zero-order valence-electron chi connectivity index (χ0n) is 9.11. The van der Waals surface area contributed by atoms with Crippen molar-refractivity contribution in [3.05, 3.63) is 38.3 Å². The minimum absolute atomic E-state index is 0.0364. The van der Waals surface area contributed by atoms with Gasteiger partial charge in [0.2, 0.25) is 0 Å². The molecule has 0 unspecified atom stereocenters. The van der Waals surface area contributed by atoms with Crippen LogP contribution in [0, 0.1) is 15.5 Å². The van der Waals surface area contributed by atoms with Gasteiger partial charge in [-0.3, -0.25) is 10.1 Å². The third kappa shape index (κ3) is 1.74. The summed E-state index contributed by atoms with van der Waals surface area (Å²) in [7, 11) is 0. The van der Waals surface area contributed by atoms with Crippen molar-refractivity contribution in [2.24, 2.45) is 11.1 Å². The normalized spacial score (nSPS) is 26.5. The van der Waals surface area contributed by atoms with Crippen LogP contribution in [0.5, 0.6) is 0 Å². The summed E-state index contributed by atoms with van der Waals surface area (Å²) < 4.78 is 0.728. The Kier molecular flexibility index (Phi) is 2.55. The van der Waals surface area contributed by atoms with Crippen LogP contribution in [0.25, 0.3) is 0 Å². The van der Waals surface area contributed by atoms with E-state index in [0.29, 0.717) is 0 Å². The number of nitrogens with two attached hydrogens (primary N) is 1. The first-order chi connectivity index (χ1) is 7.34. The summed E-state index contributed by atoms with van der Waals surface area (Å²) >= 11 is 3.29. The van der Waals surface area contributed by atoms with Gasteiger partial charge in [-0.2, -0.15) is 0 Å². The van der Waals surface area contributed by atoms with Crippen LogP contribution >= 0.6 is 15.9 Å². The Balaban J connectivity index is 2.40. The molecular weight excluding hydrogens is 272 g/mol. The summed E-state index contributed by atoms with van der Waals surface area (Å²) in [6.45, 7) is 4.16. The zero-order valence-corrected chi connectivity index (χ0v) is 10.7. The van der Waals surface area contributed by atoms with E-state index in [9.17, 15) is 10.1 Å². The summed E-state index contributed by atoms with van der Waals surface area (Å²) in [4.78, 5) is 10.4. The van der Waals surface area contributed by atoms with Gasteiger partial charge in [0, 0.05) is 28.6 Å². The molecule has 0 radical (unpaired) electrons. The van der Waals surface area contributed by atoms with Crippen LogP contribution in [0.2, 0.25) is 0 Å². The van der Waals surface area contributed by atoms with E-state index in [1.807, 2.05) is 6.07 Å². The van der Waals surface area contributed by atoms with Gasteiger partial charge in [-0.05, 0) is 17.0 Å². The minimum Gasteiger partial charge on any atom is -0.327 e. The predicted molar refractivity (Wildman–Crippen MR) is 65.3 cm³/mol. The van der Waals surface area contributed by atoms with Crippen molar-refractivity contribution < 1.29 is 4.92 Å². The van der Waals surface area contributed by atoms with Gasteiger partial charge in [-0.15, -0.1) is 0 Å². The first-order valence-corrected chi connectivity index (χ1v) is 5.84. The molecule has 1 fully saturated rings.